The van der Waals surface area contributed by atoms with Crippen molar-refractivity contribution in [1.82, 2.24) is 24.6 Å². The Kier molecular flexibility index (Phi) is 6.37. The normalized spacial score (nSPS) is 13.4. The Bertz CT molecular complexity index is 1370. The Morgan fingerprint density at radius 2 is 1.91 bits per heavy atom. The summed E-state index contributed by atoms with van der Waals surface area (Å²) < 4.78 is 46.8. The fourth-order valence-electron chi connectivity index (χ4n) is 3.04. The van der Waals surface area contributed by atoms with E-state index in [0.717, 1.165) is 6.07 Å². The van der Waals surface area contributed by atoms with Gasteiger partial charge in [-0.3, -0.25) is 9.78 Å². The van der Waals surface area contributed by atoms with Gasteiger partial charge in [0.25, 0.3) is 5.91 Å². The van der Waals surface area contributed by atoms with E-state index < -0.39 is 29.9 Å². The zero-order valence-electron chi connectivity index (χ0n) is 18.2. The van der Waals surface area contributed by atoms with Crippen molar-refractivity contribution < 1.29 is 32.9 Å². The number of nitrogens with one attached hydrogen (secondary N) is 1. The van der Waals surface area contributed by atoms with Gasteiger partial charge in [0.15, 0.2) is 17.2 Å². The number of hydrogen-bond acceptors (Lipinski definition) is 8. The molecule has 4 aromatic rings. The molecule has 0 saturated carbocycles. The number of anilines is 1. The van der Waals surface area contributed by atoms with E-state index in [-0.39, 0.29) is 35.3 Å². The van der Waals surface area contributed by atoms with Gasteiger partial charge in [-0.2, -0.15) is 22.8 Å². The molecule has 0 spiro atoms. The molecule has 35 heavy (non-hydrogen) atoms. The van der Waals surface area contributed by atoms with E-state index in [4.69, 9.17) is 9.84 Å². The van der Waals surface area contributed by atoms with Crippen molar-refractivity contribution in [1.29, 1.82) is 0 Å². The molecule has 3 N–H and O–H groups in total. The molecular formula is C22H19F3N6O4. The van der Waals surface area contributed by atoms with Crippen molar-refractivity contribution in [3.63, 3.8) is 0 Å². The van der Waals surface area contributed by atoms with Gasteiger partial charge in [0, 0.05) is 5.56 Å². The average Bonchev–Trinajstić information content (AvgIpc) is 3.24. The number of benzene rings is 1. The second kappa shape index (κ2) is 9.27. The van der Waals surface area contributed by atoms with E-state index >= 15 is 0 Å². The lowest BCUT2D eigenvalue weighted by molar-refractivity contribution is -0.137. The number of fused-ring (bicyclic) bond motifs is 1. The van der Waals surface area contributed by atoms with E-state index in [1.165, 1.54) is 60.4 Å². The van der Waals surface area contributed by atoms with Gasteiger partial charge < -0.3 is 20.3 Å². The fourth-order valence-corrected chi connectivity index (χ4v) is 3.04. The summed E-state index contributed by atoms with van der Waals surface area (Å²) in [6.45, 7) is 0.524. The summed E-state index contributed by atoms with van der Waals surface area (Å²) in [4.78, 5) is 24.7. The van der Waals surface area contributed by atoms with E-state index in [1.807, 2.05) is 0 Å². The summed E-state index contributed by atoms with van der Waals surface area (Å²) in [7, 11) is 0. The number of nitrogens with zero attached hydrogens (tertiary/aromatic N) is 5. The number of hydrogen-bond donors (Lipinski definition) is 3. The number of alkyl halides is 3. The molecule has 0 unspecified atom stereocenters. The lowest BCUT2D eigenvalue weighted by Crippen LogP contribution is -2.36. The van der Waals surface area contributed by atoms with Crippen molar-refractivity contribution in [3.05, 3.63) is 66.2 Å². The molecule has 3 heterocycles. The molecule has 1 atom stereocenters. The van der Waals surface area contributed by atoms with Crippen LogP contribution in [0.3, 0.4) is 0 Å². The Morgan fingerprint density at radius 3 is 2.66 bits per heavy atom. The molecule has 10 nitrogen and oxygen atoms in total. The highest BCUT2D eigenvalue weighted by atomic mass is 19.4. The number of ether oxygens (including phenoxy) is 1. The number of carbonyl (C=O) groups is 1. The van der Waals surface area contributed by atoms with Crippen LogP contribution in [0.4, 0.5) is 19.0 Å². The quantitative estimate of drug-likeness (QED) is 0.361. The minimum Gasteiger partial charge on any atom is -0.473 e. The summed E-state index contributed by atoms with van der Waals surface area (Å²) in [5.74, 6) is -0.678. The Balaban J connectivity index is 1.60. The molecule has 0 saturated heterocycles. The van der Waals surface area contributed by atoms with Crippen LogP contribution < -0.4 is 10.1 Å². The predicted octanol–water partition coefficient (Wildman–Crippen LogP) is 2.58. The van der Waals surface area contributed by atoms with Gasteiger partial charge in [-0.1, -0.05) is 18.2 Å². The van der Waals surface area contributed by atoms with Crippen LogP contribution in [0.25, 0.3) is 16.9 Å². The van der Waals surface area contributed by atoms with Gasteiger partial charge in [0.1, 0.15) is 12.2 Å². The molecular weight excluding hydrogens is 469 g/mol. The van der Waals surface area contributed by atoms with Gasteiger partial charge in [0.05, 0.1) is 36.5 Å². The molecule has 3 aromatic heterocycles. The standard InChI is InChI=1S/C22H19F3N6O4/c1-21(34,11-32)12-35-19-10-26-8-16(28-19)20(33)29-18-9-27-17-7-6-15(30-31(17)18)13-4-2-3-5-14(13)22(23,24)25/h2-10,32,34H,11-12H2,1H3,(H,29,33)/t21-/m1/s1. The summed E-state index contributed by atoms with van der Waals surface area (Å²) in [5, 5.41) is 25.7. The van der Waals surface area contributed by atoms with E-state index in [2.05, 4.69) is 25.4 Å². The van der Waals surface area contributed by atoms with Crippen molar-refractivity contribution in [2.24, 2.45) is 0 Å². The number of amides is 1. The molecule has 0 bridgehead atoms. The monoisotopic (exact) mass is 488 g/mol. The maximum Gasteiger partial charge on any atom is 0.417 e. The van der Waals surface area contributed by atoms with E-state index in [0.29, 0.717) is 5.65 Å². The highest BCUT2D eigenvalue weighted by Gasteiger charge is 2.33. The summed E-state index contributed by atoms with van der Waals surface area (Å²) in [6.07, 6.45) is -0.875. The molecule has 0 aliphatic heterocycles. The zero-order chi connectivity index (χ0) is 25.2. The Labute approximate surface area is 196 Å². The molecule has 1 amide bonds. The Morgan fingerprint density at radius 1 is 1.14 bits per heavy atom. The second-order valence-electron chi connectivity index (χ2n) is 7.82. The van der Waals surface area contributed by atoms with Crippen LogP contribution in [0.2, 0.25) is 0 Å². The second-order valence-corrected chi connectivity index (χ2v) is 7.82. The maximum atomic E-state index is 13.4. The van der Waals surface area contributed by atoms with Crippen LogP contribution in [0.5, 0.6) is 5.88 Å². The van der Waals surface area contributed by atoms with Crippen LogP contribution in [-0.4, -0.2) is 59.5 Å². The van der Waals surface area contributed by atoms with Gasteiger partial charge in [-0.25, -0.2) is 9.97 Å². The number of aromatic nitrogens is 5. The van der Waals surface area contributed by atoms with Crippen molar-refractivity contribution in [2.45, 2.75) is 18.7 Å². The van der Waals surface area contributed by atoms with E-state index in [1.54, 1.807) is 0 Å². The predicted molar refractivity (Wildman–Crippen MR) is 117 cm³/mol. The molecule has 0 aliphatic carbocycles. The zero-order valence-corrected chi connectivity index (χ0v) is 18.2. The van der Waals surface area contributed by atoms with Crippen LogP contribution in [-0.2, 0) is 6.18 Å². The molecule has 0 aliphatic rings. The average molecular weight is 488 g/mol. The van der Waals surface area contributed by atoms with Crippen molar-refractivity contribution in [2.75, 3.05) is 18.5 Å². The number of rotatable bonds is 7. The summed E-state index contributed by atoms with van der Waals surface area (Å²) >= 11 is 0. The highest BCUT2D eigenvalue weighted by molar-refractivity contribution is 6.02. The number of carbonyl (C=O) groups excluding carboxylic acids is 1. The third kappa shape index (κ3) is 5.36. The lowest BCUT2D eigenvalue weighted by Gasteiger charge is -2.19. The number of aliphatic hydroxyl groups is 2. The molecule has 0 radical (unpaired) electrons. The molecule has 182 valence electrons. The molecule has 0 fully saturated rings. The minimum atomic E-state index is -4.57. The van der Waals surface area contributed by atoms with Crippen LogP contribution in [0.1, 0.15) is 23.0 Å². The van der Waals surface area contributed by atoms with Gasteiger partial charge in [-0.15, -0.1) is 0 Å². The van der Waals surface area contributed by atoms with Gasteiger partial charge >= 0.3 is 6.18 Å². The SMILES string of the molecule is C[C@@](O)(CO)COc1cncc(C(=O)Nc2cnc3ccc(-c4ccccc4C(F)(F)F)nn23)n1. The van der Waals surface area contributed by atoms with Gasteiger partial charge in [0.2, 0.25) is 5.88 Å². The first-order valence-electron chi connectivity index (χ1n) is 10.2. The first-order valence-corrected chi connectivity index (χ1v) is 10.2. The molecule has 13 heteroatoms. The minimum absolute atomic E-state index is 0.0325. The maximum absolute atomic E-state index is 13.4. The first-order chi connectivity index (χ1) is 16.6. The molecule has 4 rings (SSSR count). The smallest absolute Gasteiger partial charge is 0.417 e. The van der Waals surface area contributed by atoms with Gasteiger partial charge in [-0.05, 0) is 25.1 Å². The largest absolute Gasteiger partial charge is 0.473 e. The number of imidazole rings is 1. The molecule has 1 aromatic carbocycles. The lowest BCUT2D eigenvalue weighted by atomic mass is 10.0. The van der Waals surface area contributed by atoms with Crippen LogP contribution in [0, 0.1) is 0 Å². The third-order valence-electron chi connectivity index (χ3n) is 4.83. The van der Waals surface area contributed by atoms with Crippen LogP contribution >= 0.6 is 0 Å². The van der Waals surface area contributed by atoms with Crippen molar-refractivity contribution in [3.8, 4) is 17.1 Å². The number of halogens is 3. The number of aliphatic hydroxyl groups excluding tert-OH is 1. The Hall–Kier alpha value is -4.10. The van der Waals surface area contributed by atoms with Crippen molar-refractivity contribution >= 4 is 17.4 Å². The van der Waals surface area contributed by atoms with E-state index in [9.17, 15) is 23.1 Å². The summed E-state index contributed by atoms with van der Waals surface area (Å²) in [6, 6.07) is 7.92. The fraction of sp³-hybridized carbons (Fsp3) is 0.227. The van der Waals surface area contributed by atoms with Crippen LogP contribution in [0.15, 0.2) is 55.0 Å². The third-order valence-corrected chi connectivity index (χ3v) is 4.83. The topological polar surface area (TPSA) is 135 Å². The first kappa shape index (κ1) is 24.0. The highest BCUT2D eigenvalue weighted by Crippen LogP contribution is 2.36. The summed E-state index contributed by atoms with van der Waals surface area (Å²) in [5.41, 5.74) is -2.29.